The second kappa shape index (κ2) is 9.00. The van der Waals surface area contributed by atoms with Gasteiger partial charge in [-0.25, -0.2) is 9.69 Å². The van der Waals surface area contributed by atoms with Gasteiger partial charge in [-0.15, -0.1) is 0 Å². The molecule has 0 saturated carbocycles. The van der Waals surface area contributed by atoms with Gasteiger partial charge >= 0.3 is 6.03 Å². The van der Waals surface area contributed by atoms with E-state index in [1.807, 2.05) is 20.8 Å². The molecule has 0 aliphatic carbocycles. The number of halogens is 1. The van der Waals surface area contributed by atoms with E-state index in [2.05, 4.69) is 5.32 Å². The molecule has 8 heteroatoms. The van der Waals surface area contributed by atoms with Crippen molar-refractivity contribution < 1.29 is 23.9 Å². The minimum absolute atomic E-state index is 0.0499. The zero-order chi connectivity index (χ0) is 21.8. The Morgan fingerprint density at radius 1 is 1.10 bits per heavy atom. The molecule has 30 heavy (non-hydrogen) atoms. The second-order valence-electron chi connectivity index (χ2n) is 6.74. The van der Waals surface area contributed by atoms with E-state index in [0.717, 1.165) is 4.90 Å². The summed E-state index contributed by atoms with van der Waals surface area (Å²) in [4.78, 5) is 38.5. The van der Waals surface area contributed by atoms with Crippen LogP contribution in [-0.4, -0.2) is 30.6 Å². The summed E-state index contributed by atoms with van der Waals surface area (Å²) in [6.07, 6.45) is 1.34. The van der Waals surface area contributed by atoms with Crippen molar-refractivity contribution in [1.29, 1.82) is 0 Å². The van der Waals surface area contributed by atoms with Crippen molar-refractivity contribution in [3.63, 3.8) is 0 Å². The van der Waals surface area contributed by atoms with Crippen molar-refractivity contribution in [2.24, 2.45) is 0 Å². The van der Waals surface area contributed by atoms with Crippen molar-refractivity contribution in [2.45, 2.75) is 26.9 Å². The summed E-state index contributed by atoms with van der Waals surface area (Å²) in [5.41, 5.74) is 0.658. The normalized spacial score (nSPS) is 15.6. The molecule has 156 valence electrons. The molecule has 2 aromatic rings. The lowest BCUT2D eigenvalue weighted by Crippen LogP contribution is -2.54. The van der Waals surface area contributed by atoms with Crippen LogP contribution in [0.1, 0.15) is 26.3 Å². The number of imide groups is 2. The second-order valence-corrected chi connectivity index (χ2v) is 7.15. The molecule has 1 aliphatic rings. The van der Waals surface area contributed by atoms with E-state index in [-0.39, 0.29) is 11.7 Å². The van der Waals surface area contributed by atoms with Gasteiger partial charge < -0.3 is 9.47 Å². The van der Waals surface area contributed by atoms with Crippen molar-refractivity contribution in [3.05, 3.63) is 58.6 Å². The molecule has 1 fully saturated rings. The predicted molar refractivity (Wildman–Crippen MR) is 114 cm³/mol. The highest BCUT2D eigenvalue weighted by atomic mass is 35.5. The summed E-state index contributed by atoms with van der Waals surface area (Å²) < 4.78 is 11.0. The number of hydrogen-bond donors (Lipinski definition) is 1. The van der Waals surface area contributed by atoms with E-state index in [0.29, 0.717) is 34.4 Å². The molecule has 0 bridgehead atoms. The maximum Gasteiger partial charge on any atom is 0.335 e. The van der Waals surface area contributed by atoms with Crippen LogP contribution in [0.2, 0.25) is 5.02 Å². The van der Waals surface area contributed by atoms with Crippen molar-refractivity contribution >= 4 is 41.2 Å². The van der Waals surface area contributed by atoms with E-state index in [1.54, 1.807) is 42.5 Å². The molecule has 1 aliphatic heterocycles. The molecule has 4 amide bonds. The van der Waals surface area contributed by atoms with Gasteiger partial charge in [0, 0.05) is 0 Å². The fourth-order valence-corrected chi connectivity index (χ4v) is 3.11. The number of nitrogens with zero attached hydrogens (tertiary/aromatic N) is 1. The van der Waals surface area contributed by atoms with Crippen LogP contribution in [-0.2, 0) is 9.59 Å². The quantitative estimate of drug-likeness (QED) is 0.550. The lowest BCUT2D eigenvalue weighted by Gasteiger charge is -2.26. The van der Waals surface area contributed by atoms with E-state index < -0.39 is 17.8 Å². The Labute approximate surface area is 179 Å². The fraction of sp³-hybridized carbons (Fsp3) is 0.227. The third-order valence-electron chi connectivity index (χ3n) is 4.14. The zero-order valence-electron chi connectivity index (χ0n) is 16.8. The molecule has 0 aromatic heterocycles. The number of carbonyl (C=O) groups excluding carboxylic acids is 3. The molecule has 1 saturated heterocycles. The van der Waals surface area contributed by atoms with Crippen LogP contribution >= 0.6 is 11.6 Å². The first kappa shape index (κ1) is 21.4. The lowest BCUT2D eigenvalue weighted by molar-refractivity contribution is -0.122. The minimum atomic E-state index is -0.815. The number of anilines is 1. The largest absolute Gasteiger partial charge is 0.494 e. The first-order chi connectivity index (χ1) is 14.3. The summed E-state index contributed by atoms with van der Waals surface area (Å²) in [7, 11) is 0. The predicted octanol–water partition coefficient (Wildman–Crippen LogP) is 4.19. The highest BCUT2D eigenvalue weighted by Gasteiger charge is 2.36. The maximum absolute atomic E-state index is 12.9. The molecule has 0 unspecified atom stereocenters. The van der Waals surface area contributed by atoms with Gasteiger partial charge in [0.2, 0.25) is 0 Å². The van der Waals surface area contributed by atoms with Gasteiger partial charge in [-0.1, -0.05) is 17.7 Å². The molecule has 1 N–H and O–H groups in total. The Kier molecular flexibility index (Phi) is 6.42. The van der Waals surface area contributed by atoms with Crippen molar-refractivity contribution in [1.82, 2.24) is 5.32 Å². The third kappa shape index (κ3) is 4.63. The number of amides is 4. The molecule has 1 heterocycles. The first-order valence-corrected chi connectivity index (χ1v) is 9.78. The smallest absolute Gasteiger partial charge is 0.335 e. The summed E-state index contributed by atoms with van der Waals surface area (Å²) >= 11 is 6.24. The summed E-state index contributed by atoms with van der Waals surface area (Å²) in [5.74, 6) is -0.395. The molecular formula is C22H21ClN2O5. The molecule has 0 radical (unpaired) electrons. The highest BCUT2D eigenvalue weighted by Crippen LogP contribution is 2.29. The number of benzene rings is 2. The Bertz CT molecular complexity index is 1010. The number of carbonyl (C=O) groups is 3. The molecule has 2 aromatic carbocycles. The van der Waals surface area contributed by atoms with Crippen LogP contribution in [0.3, 0.4) is 0 Å². The van der Waals surface area contributed by atoms with Crippen LogP contribution in [0.15, 0.2) is 48.0 Å². The first-order valence-electron chi connectivity index (χ1n) is 9.40. The SMILES string of the molecule is CCOc1ccc(N2C(=O)NC(=O)/C(=C\c3ccc(OC(C)C)c(Cl)c3)C2=O)cc1. The molecule has 3 rings (SSSR count). The summed E-state index contributed by atoms with van der Waals surface area (Å²) in [5, 5.41) is 2.54. The number of ether oxygens (including phenoxy) is 2. The molecular weight excluding hydrogens is 408 g/mol. The molecule has 7 nitrogen and oxygen atoms in total. The minimum Gasteiger partial charge on any atom is -0.494 e. The van der Waals surface area contributed by atoms with Gasteiger partial charge in [0.15, 0.2) is 0 Å². The van der Waals surface area contributed by atoms with Crippen molar-refractivity contribution in [3.8, 4) is 11.5 Å². The van der Waals surface area contributed by atoms with E-state index in [9.17, 15) is 14.4 Å². The number of barbiturate groups is 1. The van der Waals surface area contributed by atoms with E-state index in [4.69, 9.17) is 21.1 Å². The molecule has 0 spiro atoms. The monoisotopic (exact) mass is 428 g/mol. The van der Waals surface area contributed by atoms with Crippen LogP contribution in [0.4, 0.5) is 10.5 Å². The van der Waals surface area contributed by atoms with E-state index in [1.165, 1.54) is 6.08 Å². The number of hydrogen-bond acceptors (Lipinski definition) is 5. The molecule has 0 atom stereocenters. The van der Waals surface area contributed by atoms with Gasteiger partial charge in [-0.3, -0.25) is 14.9 Å². The maximum atomic E-state index is 12.9. The average Bonchev–Trinajstić information content (AvgIpc) is 2.68. The van der Waals surface area contributed by atoms with Gasteiger partial charge in [-0.2, -0.15) is 0 Å². The standard InChI is InChI=1S/C22H21ClN2O5/c1-4-29-16-8-6-15(7-9-16)25-21(27)17(20(26)24-22(25)28)11-14-5-10-19(18(23)12-14)30-13(2)3/h5-13H,4H2,1-3H3,(H,24,26,28)/b17-11+. The van der Waals surface area contributed by atoms with Crippen LogP contribution < -0.4 is 19.7 Å². The number of rotatable bonds is 6. The number of urea groups is 1. The zero-order valence-corrected chi connectivity index (χ0v) is 17.5. The van der Waals surface area contributed by atoms with Gasteiger partial charge in [-0.05, 0) is 68.8 Å². The Morgan fingerprint density at radius 3 is 2.40 bits per heavy atom. The highest BCUT2D eigenvalue weighted by molar-refractivity contribution is 6.39. The van der Waals surface area contributed by atoms with Gasteiger partial charge in [0.05, 0.1) is 23.4 Å². The summed E-state index contributed by atoms with van der Waals surface area (Å²) in [6.45, 7) is 6.10. The van der Waals surface area contributed by atoms with Crippen molar-refractivity contribution in [2.75, 3.05) is 11.5 Å². The van der Waals surface area contributed by atoms with Crippen LogP contribution in [0, 0.1) is 0 Å². The number of nitrogens with one attached hydrogen (secondary N) is 1. The van der Waals surface area contributed by atoms with Crippen LogP contribution in [0.25, 0.3) is 6.08 Å². The third-order valence-corrected chi connectivity index (χ3v) is 4.43. The van der Waals surface area contributed by atoms with Gasteiger partial charge in [0.25, 0.3) is 11.8 Å². The lowest BCUT2D eigenvalue weighted by atomic mass is 10.1. The Morgan fingerprint density at radius 2 is 1.80 bits per heavy atom. The fourth-order valence-electron chi connectivity index (χ4n) is 2.87. The topological polar surface area (TPSA) is 84.9 Å². The Balaban J connectivity index is 1.91. The summed E-state index contributed by atoms with van der Waals surface area (Å²) in [6, 6.07) is 10.5. The van der Waals surface area contributed by atoms with Crippen LogP contribution in [0.5, 0.6) is 11.5 Å². The average molecular weight is 429 g/mol. The van der Waals surface area contributed by atoms with Gasteiger partial charge in [0.1, 0.15) is 17.1 Å². The Hall–Kier alpha value is -3.32. The van der Waals surface area contributed by atoms with E-state index >= 15 is 0 Å².